The summed E-state index contributed by atoms with van der Waals surface area (Å²) >= 11 is 0. The van der Waals surface area contributed by atoms with E-state index >= 15 is 0 Å². The zero-order valence-electron chi connectivity index (χ0n) is 8.20. The Balaban J connectivity index is 0.000000750. The van der Waals surface area contributed by atoms with Crippen LogP contribution in [0.3, 0.4) is 0 Å². The number of aromatic nitrogens is 2. The van der Waals surface area contributed by atoms with Gasteiger partial charge in [-0.2, -0.15) is 5.10 Å². The van der Waals surface area contributed by atoms with Gasteiger partial charge in [-0.05, 0) is 18.9 Å². The van der Waals surface area contributed by atoms with Crippen LogP contribution in [0.4, 0.5) is 0 Å². The fourth-order valence-corrected chi connectivity index (χ4v) is 2.12. The number of nitrogens with one attached hydrogen (secondary N) is 1. The second-order valence-corrected chi connectivity index (χ2v) is 4.09. The molecule has 1 aliphatic carbocycles. The molecule has 14 heavy (non-hydrogen) atoms. The van der Waals surface area contributed by atoms with Crippen molar-refractivity contribution in [3.8, 4) is 0 Å². The summed E-state index contributed by atoms with van der Waals surface area (Å²) in [5.41, 5.74) is 2.71. The Morgan fingerprint density at radius 1 is 1.43 bits per heavy atom. The molecule has 2 aliphatic rings. The van der Waals surface area contributed by atoms with Gasteiger partial charge in [-0.3, -0.25) is 4.68 Å². The molecule has 1 fully saturated rings. The maximum absolute atomic E-state index is 4.65. The highest BCUT2D eigenvalue weighted by molar-refractivity contribution is 5.85. The molecule has 0 radical (unpaired) electrons. The molecular formula is C10H16ClN3. The summed E-state index contributed by atoms with van der Waals surface area (Å²) in [5, 5.41) is 8.02. The van der Waals surface area contributed by atoms with Crippen LogP contribution in [0, 0.1) is 0 Å². The molecule has 0 saturated heterocycles. The Kier molecular flexibility index (Phi) is 2.79. The van der Waals surface area contributed by atoms with Crippen LogP contribution in [0.15, 0.2) is 6.07 Å². The molecule has 1 aromatic heterocycles. The maximum atomic E-state index is 4.65. The third-order valence-corrected chi connectivity index (χ3v) is 3.21. The number of nitrogens with zero attached hydrogens (tertiary/aromatic N) is 2. The lowest BCUT2D eigenvalue weighted by Gasteiger charge is -2.22. The normalized spacial score (nSPS) is 20.9. The van der Waals surface area contributed by atoms with Gasteiger partial charge in [-0.1, -0.05) is 6.42 Å². The van der Waals surface area contributed by atoms with Gasteiger partial charge in [0.05, 0.1) is 17.9 Å². The number of fused-ring (bicyclic) bond motifs is 1. The van der Waals surface area contributed by atoms with Gasteiger partial charge in [0.25, 0.3) is 0 Å². The van der Waals surface area contributed by atoms with Crippen LogP contribution in [-0.4, -0.2) is 16.3 Å². The van der Waals surface area contributed by atoms with Crippen molar-refractivity contribution in [2.75, 3.05) is 6.54 Å². The Labute approximate surface area is 90.3 Å². The van der Waals surface area contributed by atoms with Gasteiger partial charge in [-0.15, -0.1) is 12.4 Å². The minimum atomic E-state index is 0. The average Bonchev–Trinajstić information content (AvgIpc) is 2.43. The largest absolute Gasteiger partial charge is 0.309 e. The van der Waals surface area contributed by atoms with Crippen molar-refractivity contribution in [2.24, 2.45) is 0 Å². The molecule has 0 bridgehead atoms. The zero-order valence-corrected chi connectivity index (χ0v) is 9.02. The first-order valence-electron chi connectivity index (χ1n) is 5.21. The van der Waals surface area contributed by atoms with E-state index in [9.17, 15) is 0 Å². The monoisotopic (exact) mass is 213 g/mol. The van der Waals surface area contributed by atoms with Crippen LogP contribution in [-0.2, 0) is 13.1 Å². The smallest absolute Gasteiger partial charge is 0.0658 e. The lowest BCUT2D eigenvalue weighted by atomic mass is 9.83. The summed E-state index contributed by atoms with van der Waals surface area (Å²) in [4.78, 5) is 0. The number of rotatable bonds is 1. The Morgan fingerprint density at radius 2 is 2.29 bits per heavy atom. The summed E-state index contributed by atoms with van der Waals surface area (Å²) in [6.07, 6.45) is 4.10. The molecule has 0 aromatic carbocycles. The standard InChI is InChI=1S/C10H15N3.ClH/c1-2-8(3-1)10-6-9-7-11-4-5-13(9)12-10;/h6,8,11H,1-5,7H2;1H. The van der Waals surface area contributed by atoms with Crippen molar-refractivity contribution in [3.63, 3.8) is 0 Å². The summed E-state index contributed by atoms with van der Waals surface area (Å²) in [6.45, 7) is 3.11. The first-order chi connectivity index (χ1) is 6.43. The van der Waals surface area contributed by atoms with E-state index in [1.807, 2.05) is 0 Å². The Morgan fingerprint density at radius 3 is 2.93 bits per heavy atom. The van der Waals surface area contributed by atoms with Crippen LogP contribution < -0.4 is 5.32 Å². The van der Waals surface area contributed by atoms with E-state index in [0.717, 1.165) is 25.6 Å². The summed E-state index contributed by atoms with van der Waals surface area (Å²) in [6, 6.07) is 2.29. The molecule has 1 N–H and O–H groups in total. The highest BCUT2D eigenvalue weighted by Gasteiger charge is 2.23. The van der Waals surface area contributed by atoms with Crippen LogP contribution in [0.25, 0.3) is 0 Å². The van der Waals surface area contributed by atoms with Crippen LogP contribution in [0.5, 0.6) is 0 Å². The Bertz CT molecular complexity index is 294. The molecular weight excluding hydrogens is 198 g/mol. The predicted octanol–water partition coefficient (Wildman–Crippen LogP) is 1.68. The van der Waals surface area contributed by atoms with Gasteiger partial charge in [0.1, 0.15) is 0 Å². The van der Waals surface area contributed by atoms with Gasteiger partial charge < -0.3 is 5.32 Å². The highest BCUT2D eigenvalue weighted by atomic mass is 35.5. The minimum absolute atomic E-state index is 0. The number of hydrogen-bond donors (Lipinski definition) is 1. The first-order valence-corrected chi connectivity index (χ1v) is 5.21. The van der Waals surface area contributed by atoms with Crippen molar-refractivity contribution in [1.29, 1.82) is 0 Å². The first kappa shape index (κ1) is 9.99. The Hall–Kier alpha value is -0.540. The maximum Gasteiger partial charge on any atom is 0.0658 e. The van der Waals surface area contributed by atoms with Crippen molar-refractivity contribution in [3.05, 3.63) is 17.5 Å². The lowest BCUT2D eigenvalue weighted by molar-refractivity contribution is 0.401. The van der Waals surface area contributed by atoms with E-state index < -0.39 is 0 Å². The molecule has 0 amide bonds. The molecule has 0 atom stereocenters. The molecule has 1 aromatic rings. The third-order valence-electron chi connectivity index (χ3n) is 3.21. The summed E-state index contributed by atoms with van der Waals surface area (Å²) in [5.74, 6) is 0.776. The molecule has 78 valence electrons. The average molecular weight is 214 g/mol. The molecule has 1 saturated carbocycles. The van der Waals surface area contributed by atoms with Gasteiger partial charge >= 0.3 is 0 Å². The summed E-state index contributed by atoms with van der Waals surface area (Å²) in [7, 11) is 0. The van der Waals surface area contributed by atoms with E-state index in [4.69, 9.17) is 0 Å². The van der Waals surface area contributed by atoms with Crippen LogP contribution in [0.1, 0.15) is 36.6 Å². The SMILES string of the molecule is Cl.c1c(C2CCC2)nn2c1CNCC2. The van der Waals surface area contributed by atoms with Crippen molar-refractivity contribution in [1.82, 2.24) is 15.1 Å². The van der Waals surface area contributed by atoms with E-state index in [2.05, 4.69) is 21.2 Å². The molecule has 3 nitrogen and oxygen atoms in total. The molecule has 3 rings (SSSR count). The van der Waals surface area contributed by atoms with Gasteiger partial charge in [0, 0.05) is 19.0 Å². The van der Waals surface area contributed by atoms with Gasteiger partial charge in [-0.25, -0.2) is 0 Å². The van der Waals surface area contributed by atoms with Crippen molar-refractivity contribution >= 4 is 12.4 Å². The second-order valence-electron chi connectivity index (χ2n) is 4.09. The second kappa shape index (κ2) is 3.91. The van der Waals surface area contributed by atoms with Crippen molar-refractivity contribution < 1.29 is 0 Å². The van der Waals surface area contributed by atoms with E-state index in [-0.39, 0.29) is 12.4 Å². The van der Waals surface area contributed by atoms with E-state index in [0.29, 0.717) is 0 Å². The quantitative estimate of drug-likeness (QED) is 0.770. The molecule has 4 heteroatoms. The molecule has 2 heterocycles. The minimum Gasteiger partial charge on any atom is -0.309 e. The van der Waals surface area contributed by atoms with E-state index in [1.165, 1.54) is 30.7 Å². The predicted molar refractivity (Wildman–Crippen MR) is 57.8 cm³/mol. The number of halogens is 1. The molecule has 0 spiro atoms. The third kappa shape index (κ3) is 1.55. The van der Waals surface area contributed by atoms with Gasteiger partial charge in [0.15, 0.2) is 0 Å². The molecule has 0 unspecified atom stereocenters. The zero-order chi connectivity index (χ0) is 8.67. The van der Waals surface area contributed by atoms with E-state index in [1.54, 1.807) is 0 Å². The lowest BCUT2D eigenvalue weighted by Crippen LogP contribution is -2.28. The van der Waals surface area contributed by atoms with Crippen LogP contribution >= 0.6 is 12.4 Å². The number of hydrogen-bond acceptors (Lipinski definition) is 2. The highest BCUT2D eigenvalue weighted by Crippen LogP contribution is 2.35. The fourth-order valence-electron chi connectivity index (χ4n) is 2.12. The summed E-state index contributed by atoms with van der Waals surface area (Å²) < 4.78 is 2.17. The fraction of sp³-hybridized carbons (Fsp3) is 0.700. The van der Waals surface area contributed by atoms with Crippen LogP contribution in [0.2, 0.25) is 0 Å². The topological polar surface area (TPSA) is 29.9 Å². The van der Waals surface area contributed by atoms with Crippen molar-refractivity contribution in [2.45, 2.75) is 38.3 Å². The van der Waals surface area contributed by atoms with Gasteiger partial charge in [0.2, 0.25) is 0 Å². The molecule has 1 aliphatic heterocycles.